The number of amides is 1. The van der Waals surface area contributed by atoms with Crippen LogP contribution < -0.4 is 5.69 Å². The van der Waals surface area contributed by atoms with E-state index < -0.39 is 5.69 Å². The van der Waals surface area contributed by atoms with Gasteiger partial charge >= 0.3 is 5.69 Å². The smallest absolute Gasteiger partial charge is 0.335 e. The van der Waals surface area contributed by atoms with Crippen molar-refractivity contribution in [1.82, 2.24) is 20.1 Å². The van der Waals surface area contributed by atoms with Crippen molar-refractivity contribution in [2.75, 3.05) is 13.1 Å². The lowest BCUT2D eigenvalue weighted by Gasteiger charge is -2.34. The summed E-state index contributed by atoms with van der Waals surface area (Å²) < 4.78 is 0. The van der Waals surface area contributed by atoms with Crippen molar-refractivity contribution >= 4 is 5.91 Å². The summed E-state index contributed by atoms with van der Waals surface area (Å²) in [4.78, 5) is 27.7. The van der Waals surface area contributed by atoms with Gasteiger partial charge in [0.15, 0.2) is 0 Å². The van der Waals surface area contributed by atoms with Crippen LogP contribution in [0.4, 0.5) is 0 Å². The highest BCUT2D eigenvalue weighted by atomic mass is 16.2. The summed E-state index contributed by atoms with van der Waals surface area (Å²) in [6.07, 6.45) is 3.99. The molecule has 1 aliphatic heterocycles. The number of hydrogen-bond donors (Lipinski definition) is 2. The molecule has 0 spiro atoms. The number of aromatic nitrogens is 3. The van der Waals surface area contributed by atoms with Crippen LogP contribution in [0.1, 0.15) is 36.8 Å². The summed E-state index contributed by atoms with van der Waals surface area (Å²) in [5.74, 6) is 2.21. The zero-order valence-electron chi connectivity index (χ0n) is 11.0. The molecule has 2 bridgehead atoms. The third kappa shape index (κ3) is 1.40. The molecule has 19 heavy (non-hydrogen) atoms. The first-order valence-corrected chi connectivity index (χ1v) is 7.02. The standard InChI is InChI=1S/C13H18N4O2/c1-13-6-17(11(18)10-14-12(19)16-15-10)5-9(13)7-2-3-8(13)4-7/h7-9H,2-6H2,1H3,(H2,14,15,16,19)/t7-,8+,9-,13+/m0/s1. The Morgan fingerprint density at radius 3 is 3.00 bits per heavy atom. The molecule has 6 nitrogen and oxygen atoms in total. The van der Waals surface area contributed by atoms with Crippen molar-refractivity contribution < 1.29 is 4.79 Å². The molecule has 6 heteroatoms. The fraction of sp³-hybridized carbons (Fsp3) is 0.769. The van der Waals surface area contributed by atoms with Gasteiger partial charge in [-0.2, -0.15) is 0 Å². The quantitative estimate of drug-likeness (QED) is 0.777. The lowest BCUT2D eigenvalue weighted by atomic mass is 9.70. The first kappa shape index (κ1) is 11.3. The Bertz CT molecular complexity index is 591. The molecule has 1 aromatic rings. The van der Waals surface area contributed by atoms with Gasteiger partial charge in [-0.1, -0.05) is 6.92 Å². The molecule has 0 radical (unpaired) electrons. The average molecular weight is 262 g/mol. The lowest BCUT2D eigenvalue weighted by Crippen LogP contribution is -2.34. The van der Waals surface area contributed by atoms with E-state index in [0.29, 0.717) is 5.92 Å². The topological polar surface area (TPSA) is 81.8 Å². The summed E-state index contributed by atoms with van der Waals surface area (Å²) in [5, 5.41) is 6.00. The number of likely N-dealkylation sites (tertiary alicyclic amines) is 1. The van der Waals surface area contributed by atoms with Gasteiger partial charge in [-0.25, -0.2) is 9.89 Å². The molecule has 1 amide bonds. The van der Waals surface area contributed by atoms with Crippen molar-refractivity contribution in [3.63, 3.8) is 0 Å². The van der Waals surface area contributed by atoms with Crippen LogP contribution in [0, 0.1) is 23.2 Å². The van der Waals surface area contributed by atoms with Crippen molar-refractivity contribution in [3.8, 4) is 0 Å². The monoisotopic (exact) mass is 262 g/mol. The van der Waals surface area contributed by atoms with Crippen molar-refractivity contribution in [1.29, 1.82) is 0 Å². The number of aromatic amines is 2. The van der Waals surface area contributed by atoms with Crippen LogP contribution in [-0.4, -0.2) is 39.1 Å². The molecule has 2 saturated carbocycles. The maximum Gasteiger partial charge on any atom is 0.341 e. The van der Waals surface area contributed by atoms with E-state index in [1.54, 1.807) is 0 Å². The third-order valence-corrected chi connectivity index (χ3v) is 5.76. The highest BCUT2D eigenvalue weighted by Gasteiger charge is 2.59. The molecular formula is C13H18N4O2. The molecule has 1 saturated heterocycles. The molecule has 3 aliphatic rings. The molecule has 0 unspecified atom stereocenters. The molecular weight excluding hydrogens is 244 g/mol. The van der Waals surface area contributed by atoms with E-state index in [4.69, 9.17) is 0 Å². The highest BCUT2D eigenvalue weighted by molar-refractivity contribution is 5.90. The minimum Gasteiger partial charge on any atom is -0.335 e. The lowest BCUT2D eigenvalue weighted by molar-refractivity contribution is 0.0748. The fourth-order valence-electron chi connectivity index (χ4n) is 4.82. The number of H-pyrrole nitrogens is 2. The molecule has 4 rings (SSSR count). The Balaban J connectivity index is 1.60. The highest BCUT2D eigenvalue weighted by Crippen LogP contribution is 2.62. The van der Waals surface area contributed by atoms with E-state index in [2.05, 4.69) is 22.1 Å². The Morgan fingerprint density at radius 2 is 2.32 bits per heavy atom. The van der Waals surface area contributed by atoms with Crippen molar-refractivity contribution in [3.05, 3.63) is 16.3 Å². The van der Waals surface area contributed by atoms with Gasteiger partial charge in [-0.3, -0.25) is 9.78 Å². The van der Waals surface area contributed by atoms with E-state index in [1.807, 2.05) is 4.90 Å². The predicted octanol–water partition coefficient (Wildman–Crippen LogP) is 0.606. The predicted molar refractivity (Wildman–Crippen MR) is 67.5 cm³/mol. The van der Waals surface area contributed by atoms with Crippen molar-refractivity contribution in [2.24, 2.45) is 23.2 Å². The van der Waals surface area contributed by atoms with Gasteiger partial charge in [0, 0.05) is 13.1 Å². The first-order valence-electron chi connectivity index (χ1n) is 7.02. The second-order valence-corrected chi connectivity index (χ2v) is 6.59. The summed E-state index contributed by atoms with van der Waals surface area (Å²) in [6, 6.07) is 0. The Morgan fingerprint density at radius 1 is 1.47 bits per heavy atom. The summed E-state index contributed by atoms with van der Waals surface area (Å²) in [6.45, 7) is 3.97. The number of nitrogens with zero attached hydrogens (tertiary/aromatic N) is 2. The maximum atomic E-state index is 12.3. The van der Waals surface area contributed by atoms with E-state index >= 15 is 0 Å². The van der Waals surface area contributed by atoms with Crippen LogP contribution in [0.2, 0.25) is 0 Å². The van der Waals surface area contributed by atoms with E-state index in [-0.39, 0.29) is 17.1 Å². The average Bonchev–Trinajstić information content (AvgIpc) is 3.07. The van der Waals surface area contributed by atoms with Crippen LogP contribution in [0.5, 0.6) is 0 Å². The summed E-state index contributed by atoms with van der Waals surface area (Å²) in [5.41, 5.74) is -0.135. The maximum absolute atomic E-state index is 12.3. The molecule has 0 aromatic carbocycles. The van der Waals surface area contributed by atoms with Crippen molar-refractivity contribution in [2.45, 2.75) is 26.2 Å². The molecule has 3 fully saturated rings. The SMILES string of the molecule is C[C@]12CN(C(=O)c3n[nH]c(=O)[nH]3)C[C@H]1[C@H]1CC[C@@H]2C1. The Kier molecular flexibility index (Phi) is 2.07. The zero-order chi connectivity index (χ0) is 13.2. The normalized spacial score (nSPS) is 39.8. The van der Waals surface area contributed by atoms with Crippen LogP contribution in [0.15, 0.2) is 4.79 Å². The molecule has 4 atom stereocenters. The van der Waals surface area contributed by atoms with Gasteiger partial charge in [-0.15, -0.1) is 5.10 Å². The number of carbonyl (C=O) groups is 1. The molecule has 102 valence electrons. The third-order valence-electron chi connectivity index (χ3n) is 5.76. The fourth-order valence-corrected chi connectivity index (χ4v) is 4.82. The van der Waals surface area contributed by atoms with E-state index in [9.17, 15) is 9.59 Å². The first-order chi connectivity index (χ1) is 9.08. The number of carbonyl (C=O) groups excluding carboxylic acids is 1. The van der Waals surface area contributed by atoms with Crippen LogP contribution in [0.3, 0.4) is 0 Å². The van der Waals surface area contributed by atoms with Crippen LogP contribution in [-0.2, 0) is 0 Å². The van der Waals surface area contributed by atoms with Crippen LogP contribution >= 0.6 is 0 Å². The van der Waals surface area contributed by atoms with E-state index in [0.717, 1.165) is 24.9 Å². The minimum atomic E-state index is -0.422. The largest absolute Gasteiger partial charge is 0.341 e. The van der Waals surface area contributed by atoms with Crippen LogP contribution in [0.25, 0.3) is 0 Å². The second-order valence-electron chi connectivity index (χ2n) is 6.59. The Labute approximate surface area is 110 Å². The molecule has 1 aromatic heterocycles. The number of fused-ring (bicyclic) bond motifs is 5. The molecule has 2 heterocycles. The van der Waals surface area contributed by atoms with Gasteiger partial charge in [0.05, 0.1) is 0 Å². The number of rotatable bonds is 1. The number of nitrogens with one attached hydrogen (secondary N) is 2. The Hall–Kier alpha value is -1.59. The van der Waals surface area contributed by atoms with Gasteiger partial charge in [0.25, 0.3) is 5.91 Å². The summed E-state index contributed by atoms with van der Waals surface area (Å²) in [7, 11) is 0. The van der Waals surface area contributed by atoms with Gasteiger partial charge < -0.3 is 4.90 Å². The van der Waals surface area contributed by atoms with Gasteiger partial charge in [0.2, 0.25) is 5.82 Å². The molecule has 2 N–H and O–H groups in total. The summed E-state index contributed by atoms with van der Waals surface area (Å²) >= 11 is 0. The van der Waals surface area contributed by atoms with Gasteiger partial charge in [0.1, 0.15) is 0 Å². The second kappa shape index (κ2) is 3.49. The number of hydrogen-bond acceptors (Lipinski definition) is 3. The zero-order valence-corrected chi connectivity index (χ0v) is 11.0. The minimum absolute atomic E-state index is 0.140. The van der Waals surface area contributed by atoms with E-state index in [1.165, 1.54) is 19.3 Å². The van der Waals surface area contributed by atoms with Gasteiger partial charge in [-0.05, 0) is 42.4 Å². The molecule has 2 aliphatic carbocycles.